The maximum atomic E-state index is 12.5. The molecule has 0 radical (unpaired) electrons. The normalized spacial score (nSPS) is 21.9. The molecule has 166 valence electrons. The molecule has 6 nitrogen and oxygen atoms in total. The van der Waals surface area contributed by atoms with Crippen molar-refractivity contribution < 1.29 is 14.3 Å². The number of hydrogen-bond donors (Lipinski definition) is 1. The van der Waals surface area contributed by atoms with Crippen LogP contribution in [0.3, 0.4) is 0 Å². The second-order valence-electron chi connectivity index (χ2n) is 8.75. The van der Waals surface area contributed by atoms with Crippen LogP contribution in [-0.2, 0) is 22.5 Å². The van der Waals surface area contributed by atoms with Crippen LogP contribution in [0.4, 0.5) is 0 Å². The third kappa shape index (κ3) is 5.63. The third-order valence-electron chi connectivity index (χ3n) is 6.24. The molecule has 1 fully saturated rings. The summed E-state index contributed by atoms with van der Waals surface area (Å²) in [6.45, 7) is 5.49. The zero-order valence-corrected chi connectivity index (χ0v) is 18.5. The predicted molar refractivity (Wildman–Crippen MR) is 120 cm³/mol. The number of likely N-dealkylation sites (tertiary alicyclic amines) is 1. The Bertz CT molecular complexity index is 874. The number of carbonyl (C=O) groups excluding carboxylic acids is 1. The number of nitrogens with one attached hydrogen (secondary N) is 1. The summed E-state index contributed by atoms with van der Waals surface area (Å²) in [6.07, 6.45) is 5.63. The second-order valence-corrected chi connectivity index (χ2v) is 8.75. The molecule has 0 aliphatic carbocycles. The summed E-state index contributed by atoms with van der Waals surface area (Å²) in [5, 5.41) is 3.24. The maximum Gasteiger partial charge on any atom is 0.222 e. The quantitative estimate of drug-likeness (QED) is 0.704. The molecule has 1 saturated heterocycles. The molecule has 1 amide bonds. The Morgan fingerprint density at radius 1 is 1.35 bits per heavy atom. The molecule has 1 aromatic heterocycles. The van der Waals surface area contributed by atoms with Crippen LogP contribution in [0.2, 0.25) is 0 Å². The van der Waals surface area contributed by atoms with E-state index < -0.39 is 0 Å². The van der Waals surface area contributed by atoms with Crippen LogP contribution in [0.15, 0.2) is 42.6 Å². The van der Waals surface area contributed by atoms with E-state index >= 15 is 0 Å². The van der Waals surface area contributed by atoms with Gasteiger partial charge in [0.15, 0.2) is 0 Å². The molecule has 31 heavy (non-hydrogen) atoms. The lowest BCUT2D eigenvalue weighted by molar-refractivity contribution is -0.123. The van der Waals surface area contributed by atoms with Crippen LogP contribution in [0, 0.1) is 5.92 Å². The van der Waals surface area contributed by atoms with Gasteiger partial charge in [-0.2, -0.15) is 0 Å². The molecule has 6 heteroatoms. The van der Waals surface area contributed by atoms with Crippen molar-refractivity contribution in [1.82, 2.24) is 15.2 Å². The number of fused-ring (bicyclic) bond motifs is 1. The lowest BCUT2D eigenvalue weighted by Crippen LogP contribution is -2.43. The van der Waals surface area contributed by atoms with E-state index in [0.717, 1.165) is 50.3 Å². The van der Waals surface area contributed by atoms with E-state index in [9.17, 15) is 4.79 Å². The number of ether oxygens (including phenoxy) is 2. The van der Waals surface area contributed by atoms with E-state index in [1.807, 2.05) is 18.2 Å². The van der Waals surface area contributed by atoms with E-state index in [0.29, 0.717) is 18.9 Å². The molecule has 1 N–H and O–H groups in total. The van der Waals surface area contributed by atoms with Crippen molar-refractivity contribution in [2.75, 3.05) is 26.8 Å². The number of pyridine rings is 1. The Kier molecular flexibility index (Phi) is 7.20. The van der Waals surface area contributed by atoms with Crippen LogP contribution in [0.25, 0.3) is 0 Å². The standard InChI is InChI=1S/C25H33N3O3/c1-18-14-21-15-19(8-9-23(21)31-18)16-28-12-5-6-20(17-28)25(22-7-3-4-11-26-22)27-24(29)10-13-30-2/h3-4,7-9,11,15,18,20,25H,5-6,10,12-14,16-17H2,1-2H3,(H,27,29)/t18-,20+,25-/m0/s1. The maximum absolute atomic E-state index is 12.5. The summed E-state index contributed by atoms with van der Waals surface area (Å²) in [7, 11) is 1.62. The summed E-state index contributed by atoms with van der Waals surface area (Å²) in [6, 6.07) is 12.4. The molecule has 2 aliphatic heterocycles. The van der Waals surface area contributed by atoms with Crippen molar-refractivity contribution >= 4 is 5.91 Å². The van der Waals surface area contributed by atoms with Gasteiger partial charge in [0.25, 0.3) is 0 Å². The zero-order chi connectivity index (χ0) is 21.6. The van der Waals surface area contributed by atoms with E-state index in [1.54, 1.807) is 13.3 Å². The molecule has 3 heterocycles. The van der Waals surface area contributed by atoms with Gasteiger partial charge in [-0.25, -0.2) is 0 Å². The van der Waals surface area contributed by atoms with E-state index in [1.165, 1.54) is 11.1 Å². The molecule has 0 unspecified atom stereocenters. The van der Waals surface area contributed by atoms with Gasteiger partial charge in [-0.1, -0.05) is 18.2 Å². The molecule has 0 spiro atoms. The molecule has 3 atom stereocenters. The Morgan fingerprint density at radius 2 is 2.26 bits per heavy atom. The molecular formula is C25H33N3O3. The number of piperidine rings is 1. The van der Waals surface area contributed by atoms with E-state index in [4.69, 9.17) is 9.47 Å². The second kappa shape index (κ2) is 10.2. The number of benzene rings is 1. The largest absolute Gasteiger partial charge is 0.490 e. The average molecular weight is 424 g/mol. The van der Waals surface area contributed by atoms with Gasteiger partial charge in [-0.05, 0) is 61.6 Å². The van der Waals surface area contributed by atoms with Crippen molar-refractivity contribution in [2.24, 2.45) is 5.92 Å². The smallest absolute Gasteiger partial charge is 0.222 e. The lowest BCUT2D eigenvalue weighted by Gasteiger charge is -2.37. The van der Waals surface area contributed by atoms with Gasteiger partial charge in [0.2, 0.25) is 5.91 Å². The van der Waals surface area contributed by atoms with Crippen LogP contribution in [0.5, 0.6) is 5.75 Å². The number of hydrogen-bond acceptors (Lipinski definition) is 5. The monoisotopic (exact) mass is 423 g/mol. The number of aromatic nitrogens is 1. The van der Waals surface area contributed by atoms with Gasteiger partial charge in [0.1, 0.15) is 11.9 Å². The highest BCUT2D eigenvalue weighted by Gasteiger charge is 2.30. The molecule has 2 aliphatic rings. The van der Waals surface area contributed by atoms with E-state index in [2.05, 4.69) is 40.3 Å². The summed E-state index contributed by atoms with van der Waals surface area (Å²) in [5.74, 6) is 1.37. The molecule has 4 rings (SSSR count). The van der Waals surface area contributed by atoms with Gasteiger partial charge in [0.05, 0.1) is 18.3 Å². The minimum atomic E-state index is -0.0809. The highest BCUT2D eigenvalue weighted by Crippen LogP contribution is 2.32. The Balaban J connectivity index is 1.44. The van der Waals surface area contributed by atoms with Crippen molar-refractivity contribution in [2.45, 2.75) is 51.3 Å². The first-order chi connectivity index (χ1) is 15.1. The van der Waals surface area contributed by atoms with Crippen LogP contribution in [0.1, 0.15) is 49.0 Å². The van der Waals surface area contributed by atoms with Crippen LogP contribution in [-0.4, -0.2) is 48.7 Å². The van der Waals surface area contributed by atoms with Gasteiger partial charge in [-0.15, -0.1) is 0 Å². The zero-order valence-electron chi connectivity index (χ0n) is 18.5. The number of nitrogens with zero attached hydrogens (tertiary/aromatic N) is 2. The van der Waals surface area contributed by atoms with Crippen molar-refractivity contribution in [3.8, 4) is 5.75 Å². The number of methoxy groups -OCH3 is 1. The minimum Gasteiger partial charge on any atom is -0.490 e. The third-order valence-corrected chi connectivity index (χ3v) is 6.24. The van der Waals surface area contributed by atoms with Gasteiger partial charge < -0.3 is 14.8 Å². The summed E-state index contributed by atoms with van der Waals surface area (Å²) >= 11 is 0. The highest BCUT2D eigenvalue weighted by molar-refractivity contribution is 5.76. The Labute approximate surface area is 185 Å². The van der Waals surface area contributed by atoms with Gasteiger partial charge in [-0.3, -0.25) is 14.7 Å². The lowest BCUT2D eigenvalue weighted by atomic mass is 9.88. The fraction of sp³-hybridized carbons (Fsp3) is 0.520. The minimum absolute atomic E-state index is 0.0161. The summed E-state index contributed by atoms with van der Waals surface area (Å²) in [4.78, 5) is 19.6. The molecule has 0 saturated carbocycles. The number of carbonyl (C=O) groups is 1. The fourth-order valence-electron chi connectivity index (χ4n) is 4.77. The first-order valence-electron chi connectivity index (χ1n) is 11.3. The molecule has 0 bridgehead atoms. The molecule has 1 aromatic carbocycles. The highest BCUT2D eigenvalue weighted by atomic mass is 16.5. The Hall–Kier alpha value is -2.44. The van der Waals surface area contributed by atoms with Crippen molar-refractivity contribution in [1.29, 1.82) is 0 Å². The first-order valence-corrected chi connectivity index (χ1v) is 11.3. The molecule has 2 aromatic rings. The van der Waals surface area contributed by atoms with E-state index in [-0.39, 0.29) is 18.1 Å². The first kappa shape index (κ1) is 21.8. The van der Waals surface area contributed by atoms with Gasteiger partial charge >= 0.3 is 0 Å². The molecular weight excluding hydrogens is 390 g/mol. The fourth-order valence-corrected chi connectivity index (χ4v) is 4.77. The van der Waals surface area contributed by atoms with Crippen molar-refractivity contribution in [3.05, 3.63) is 59.4 Å². The average Bonchev–Trinajstić information content (AvgIpc) is 3.16. The Morgan fingerprint density at radius 3 is 3.06 bits per heavy atom. The topological polar surface area (TPSA) is 63.7 Å². The van der Waals surface area contributed by atoms with Crippen LogP contribution >= 0.6 is 0 Å². The number of rotatable bonds is 8. The van der Waals surface area contributed by atoms with Gasteiger partial charge in [0, 0.05) is 39.2 Å². The van der Waals surface area contributed by atoms with Crippen molar-refractivity contribution in [3.63, 3.8) is 0 Å². The predicted octanol–water partition coefficient (Wildman–Crippen LogP) is 3.51. The summed E-state index contributed by atoms with van der Waals surface area (Å²) < 4.78 is 10.9. The van der Waals surface area contributed by atoms with Crippen LogP contribution < -0.4 is 10.1 Å². The number of amides is 1. The summed E-state index contributed by atoms with van der Waals surface area (Å²) in [5.41, 5.74) is 3.58. The SMILES string of the molecule is COCCC(=O)N[C@H](c1ccccn1)[C@@H]1CCCN(Cc2ccc3c(c2)C[C@H](C)O3)C1.